The van der Waals surface area contributed by atoms with Gasteiger partial charge < -0.3 is 0 Å². The molecule has 1 amide bonds. The number of amides is 1. The molecule has 1 N–H and O–H groups in total. The molecule has 2 aliphatic rings. The van der Waals surface area contributed by atoms with E-state index in [0.717, 1.165) is 16.8 Å². The summed E-state index contributed by atoms with van der Waals surface area (Å²) in [5.74, 6) is 1.31. The van der Waals surface area contributed by atoms with Crippen molar-refractivity contribution in [3.63, 3.8) is 0 Å². The van der Waals surface area contributed by atoms with Crippen LogP contribution in [-0.4, -0.2) is 11.6 Å². The summed E-state index contributed by atoms with van der Waals surface area (Å²) < 4.78 is 0.905. The highest BCUT2D eigenvalue weighted by Crippen LogP contribution is 2.42. The molecule has 3 nitrogen and oxygen atoms in total. The molecule has 0 radical (unpaired) electrons. The van der Waals surface area contributed by atoms with Crippen LogP contribution in [0.1, 0.15) is 36.0 Å². The molecule has 3 rings (SSSR count). The largest absolute Gasteiger partial charge is 0.271 e. The van der Waals surface area contributed by atoms with Crippen LogP contribution >= 0.6 is 15.9 Å². The number of carbonyl (C=O) groups is 1. The molecule has 2 saturated carbocycles. The van der Waals surface area contributed by atoms with Crippen molar-refractivity contribution >= 4 is 27.5 Å². The van der Waals surface area contributed by atoms with Crippen LogP contribution in [0.15, 0.2) is 33.8 Å². The van der Waals surface area contributed by atoms with E-state index >= 15 is 0 Å². The number of hydrogen-bond donors (Lipinski definition) is 1. The number of nitrogens with one attached hydrogen (secondary N) is 1. The summed E-state index contributed by atoms with van der Waals surface area (Å²) in [5.41, 5.74) is 4.51. The molecule has 4 heteroatoms. The van der Waals surface area contributed by atoms with E-state index < -0.39 is 0 Å². The summed E-state index contributed by atoms with van der Waals surface area (Å²) in [5, 5.41) is 4.31. The SMILES string of the molecule is O=C(N/N=C1\CC2CCC1C2)c1cccc(Br)c1. The van der Waals surface area contributed by atoms with Crippen molar-refractivity contribution in [2.75, 3.05) is 0 Å². The zero-order valence-electron chi connectivity index (χ0n) is 10.0. The summed E-state index contributed by atoms with van der Waals surface area (Å²) in [7, 11) is 0. The first-order valence-corrected chi connectivity index (χ1v) is 7.14. The Labute approximate surface area is 115 Å². The van der Waals surface area contributed by atoms with Gasteiger partial charge in [-0.05, 0) is 55.7 Å². The Morgan fingerprint density at radius 2 is 2.28 bits per heavy atom. The highest BCUT2D eigenvalue weighted by molar-refractivity contribution is 9.10. The van der Waals surface area contributed by atoms with E-state index in [4.69, 9.17) is 0 Å². The van der Waals surface area contributed by atoms with Gasteiger partial charge >= 0.3 is 0 Å². The first-order chi connectivity index (χ1) is 8.72. The van der Waals surface area contributed by atoms with Crippen molar-refractivity contribution in [1.29, 1.82) is 0 Å². The van der Waals surface area contributed by atoms with E-state index in [1.54, 1.807) is 12.1 Å². The Kier molecular flexibility index (Phi) is 3.20. The maximum atomic E-state index is 11.9. The number of nitrogens with zero attached hydrogens (tertiary/aromatic N) is 1. The van der Waals surface area contributed by atoms with Crippen molar-refractivity contribution in [1.82, 2.24) is 5.43 Å². The second kappa shape index (κ2) is 4.84. The molecule has 94 valence electrons. The topological polar surface area (TPSA) is 41.5 Å². The van der Waals surface area contributed by atoms with Crippen molar-refractivity contribution in [2.45, 2.75) is 25.7 Å². The first-order valence-electron chi connectivity index (χ1n) is 6.35. The third kappa shape index (κ3) is 2.34. The third-order valence-corrected chi connectivity index (χ3v) is 4.39. The van der Waals surface area contributed by atoms with Gasteiger partial charge in [0.25, 0.3) is 5.91 Å². The van der Waals surface area contributed by atoms with E-state index in [1.165, 1.54) is 25.0 Å². The highest BCUT2D eigenvalue weighted by atomic mass is 79.9. The molecule has 2 unspecified atom stereocenters. The van der Waals surface area contributed by atoms with Crippen LogP contribution in [0.2, 0.25) is 0 Å². The first kappa shape index (κ1) is 11.9. The lowest BCUT2D eigenvalue weighted by Crippen LogP contribution is -2.21. The Morgan fingerprint density at radius 3 is 2.94 bits per heavy atom. The zero-order chi connectivity index (χ0) is 12.5. The van der Waals surface area contributed by atoms with Crippen LogP contribution in [-0.2, 0) is 0 Å². The number of benzene rings is 1. The fourth-order valence-corrected chi connectivity index (χ4v) is 3.38. The average Bonchev–Trinajstić information content (AvgIpc) is 2.98. The van der Waals surface area contributed by atoms with Gasteiger partial charge in [-0.2, -0.15) is 5.10 Å². The fourth-order valence-electron chi connectivity index (χ4n) is 2.98. The standard InChI is InChI=1S/C14H15BrN2O/c15-12-3-1-2-11(8-12)14(18)17-16-13-7-9-4-5-10(13)6-9/h1-3,8-10H,4-7H2,(H,17,18)/b16-13+. The molecule has 2 aliphatic carbocycles. The van der Waals surface area contributed by atoms with E-state index in [0.29, 0.717) is 11.5 Å². The van der Waals surface area contributed by atoms with Gasteiger partial charge in [0.2, 0.25) is 0 Å². The lowest BCUT2D eigenvalue weighted by atomic mass is 9.99. The third-order valence-electron chi connectivity index (χ3n) is 3.90. The van der Waals surface area contributed by atoms with Gasteiger partial charge in [0.15, 0.2) is 0 Å². The molecule has 0 aromatic heterocycles. The number of fused-ring (bicyclic) bond motifs is 2. The van der Waals surface area contributed by atoms with E-state index in [-0.39, 0.29) is 5.91 Å². The number of halogens is 1. The molecule has 0 saturated heterocycles. The molecular formula is C14H15BrN2O. The van der Waals surface area contributed by atoms with Gasteiger partial charge in [-0.1, -0.05) is 22.0 Å². The highest BCUT2D eigenvalue weighted by Gasteiger charge is 2.36. The number of carbonyl (C=O) groups excluding carboxylic acids is 1. The minimum atomic E-state index is -0.133. The van der Waals surface area contributed by atoms with Crippen LogP contribution in [0.25, 0.3) is 0 Å². The quantitative estimate of drug-likeness (QED) is 0.836. The lowest BCUT2D eigenvalue weighted by molar-refractivity contribution is 0.0954. The number of rotatable bonds is 2. The Balaban J connectivity index is 1.67. The van der Waals surface area contributed by atoms with E-state index in [9.17, 15) is 4.79 Å². The molecule has 18 heavy (non-hydrogen) atoms. The summed E-state index contributed by atoms with van der Waals surface area (Å²) in [6.45, 7) is 0. The molecule has 0 spiro atoms. The second-order valence-corrected chi connectivity index (χ2v) is 6.05. The van der Waals surface area contributed by atoms with Crippen molar-refractivity contribution in [3.05, 3.63) is 34.3 Å². The van der Waals surface area contributed by atoms with Crippen LogP contribution < -0.4 is 5.43 Å². The Hall–Kier alpha value is -1.16. The maximum Gasteiger partial charge on any atom is 0.271 e. The summed E-state index contributed by atoms with van der Waals surface area (Å²) in [6.07, 6.45) is 4.93. The summed E-state index contributed by atoms with van der Waals surface area (Å²) in [4.78, 5) is 11.9. The van der Waals surface area contributed by atoms with Gasteiger partial charge in [0, 0.05) is 15.7 Å². The zero-order valence-corrected chi connectivity index (χ0v) is 11.6. The van der Waals surface area contributed by atoms with Crippen molar-refractivity contribution < 1.29 is 4.79 Å². The monoisotopic (exact) mass is 306 g/mol. The fraction of sp³-hybridized carbons (Fsp3) is 0.429. The molecule has 0 heterocycles. The molecule has 0 aliphatic heterocycles. The normalized spacial score (nSPS) is 27.7. The lowest BCUT2D eigenvalue weighted by Gasteiger charge is -2.11. The predicted molar refractivity (Wildman–Crippen MR) is 74.5 cm³/mol. The molecule has 1 aromatic carbocycles. The second-order valence-electron chi connectivity index (χ2n) is 5.13. The van der Waals surface area contributed by atoms with Gasteiger partial charge in [0.05, 0.1) is 0 Å². The van der Waals surface area contributed by atoms with Crippen LogP contribution in [0.4, 0.5) is 0 Å². The van der Waals surface area contributed by atoms with Crippen molar-refractivity contribution in [2.24, 2.45) is 16.9 Å². The summed E-state index contributed by atoms with van der Waals surface area (Å²) in [6, 6.07) is 7.35. The van der Waals surface area contributed by atoms with Gasteiger partial charge in [-0.15, -0.1) is 0 Å². The molecule has 2 fully saturated rings. The maximum absolute atomic E-state index is 11.9. The van der Waals surface area contributed by atoms with Crippen molar-refractivity contribution in [3.8, 4) is 0 Å². The predicted octanol–water partition coefficient (Wildman–Crippen LogP) is 3.35. The van der Waals surface area contributed by atoms with E-state index in [2.05, 4.69) is 26.5 Å². The smallest absolute Gasteiger partial charge is 0.267 e. The van der Waals surface area contributed by atoms with Gasteiger partial charge in [-0.3, -0.25) is 4.79 Å². The molecule has 2 atom stereocenters. The van der Waals surface area contributed by atoms with E-state index in [1.807, 2.05) is 12.1 Å². The molecule has 2 bridgehead atoms. The Morgan fingerprint density at radius 1 is 1.39 bits per heavy atom. The van der Waals surface area contributed by atoms with Crippen LogP contribution in [0.3, 0.4) is 0 Å². The van der Waals surface area contributed by atoms with Gasteiger partial charge in [0.1, 0.15) is 0 Å². The van der Waals surface area contributed by atoms with Crippen LogP contribution in [0.5, 0.6) is 0 Å². The summed E-state index contributed by atoms with van der Waals surface area (Å²) >= 11 is 3.36. The molecular weight excluding hydrogens is 292 g/mol. The van der Waals surface area contributed by atoms with Gasteiger partial charge in [-0.25, -0.2) is 5.43 Å². The average molecular weight is 307 g/mol. The minimum Gasteiger partial charge on any atom is -0.267 e. The number of hydrazone groups is 1. The Bertz CT molecular complexity index is 512. The molecule has 1 aromatic rings. The number of hydrogen-bond acceptors (Lipinski definition) is 2. The minimum absolute atomic E-state index is 0.133. The van der Waals surface area contributed by atoms with Crippen LogP contribution in [0, 0.1) is 11.8 Å².